The fourth-order valence-corrected chi connectivity index (χ4v) is 3.36. The molecule has 0 saturated heterocycles. The zero-order valence-corrected chi connectivity index (χ0v) is 15.6. The molecule has 0 spiro atoms. The fourth-order valence-electron chi connectivity index (χ4n) is 3.36. The van der Waals surface area contributed by atoms with Crippen LogP contribution in [0.5, 0.6) is 17.2 Å². The van der Waals surface area contributed by atoms with Crippen LogP contribution in [0.15, 0.2) is 42.5 Å². The van der Waals surface area contributed by atoms with Gasteiger partial charge in [0.05, 0.1) is 5.69 Å². The first-order valence-corrected chi connectivity index (χ1v) is 9.35. The van der Waals surface area contributed by atoms with E-state index in [-0.39, 0.29) is 18.2 Å². The Hall–Kier alpha value is -3.22. The number of para-hydroxylation sites is 3. The molecule has 2 aromatic rings. The summed E-state index contributed by atoms with van der Waals surface area (Å²) in [6.07, 6.45) is -0.370. The zero-order chi connectivity index (χ0) is 19.5. The lowest BCUT2D eigenvalue weighted by Crippen LogP contribution is -2.45. The number of hydrogen-bond acceptors (Lipinski definition) is 5. The number of nitrogens with one attached hydrogen (secondary N) is 1. The lowest BCUT2D eigenvalue weighted by atomic mass is 10.1. The van der Waals surface area contributed by atoms with E-state index in [1.54, 1.807) is 11.8 Å². The van der Waals surface area contributed by atoms with Crippen molar-refractivity contribution in [3.63, 3.8) is 0 Å². The van der Waals surface area contributed by atoms with Gasteiger partial charge >= 0.3 is 0 Å². The molecule has 2 aromatic carbocycles. The van der Waals surface area contributed by atoms with Crippen LogP contribution >= 0.6 is 0 Å². The molecule has 7 nitrogen and oxygen atoms in total. The standard InChI is InChI=1S/C21H22N2O5/c1-14-21(25)23(16-6-2-3-7-17(16)28-14)10-9-19(24)22-13-15-5-4-8-18-20(15)27-12-11-26-18/h2-8,14H,9-13H2,1H3,(H,22,24)/t14-/m1/s1. The van der Waals surface area contributed by atoms with E-state index in [0.717, 1.165) is 5.56 Å². The van der Waals surface area contributed by atoms with Gasteiger partial charge in [-0.05, 0) is 25.1 Å². The third-order valence-electron chi connectivity index (χ3n) is 4.76. The summed E-state index contributed by atoms with van der Waals surface area (Å²) in [7, 11) is 0. The van der Waals surface area contributed by atoms with Crippen LogP contribution in [0, 0.1) is 0 Å². The monoisotopic (exact) mass is 382 g/mol. The summed E-state index contributed by atoms with van der Waals surface area (Å²) >= 11 is 0. The van der Waals surface area contributed by atoms with E-state index in [4.69, 9.17) is 14.2 Å². The van der Waals surface area contributed by atoms with Gasteiger partial charge in [0, 0.05) is 25.1 Å². The predicted molar refractivity (Wildman–Crippen MR) is 103 cm³/mol. The number of anilines is 1. The first-order chi connectivity index (χ1) is 13.6. The molecule has 1 N–H and O–H groups in total. The van der Waals surface area contributed by atoms with Gasteiger partial charge in [-0.1, -0.05) is 24.3 Å². The van der Waals surface area contributed by atoms with Crippen molar-refractivity contribution >= 4 is 17.5 Å². The lowest BCUT2D eigenvalue weighted by Gasteiger charge is -2.32. The fraction of sp³-hybridized carbons (Fsp3) is 0.333. The predicted octanol–water partition coefficient (Wildman–Crippen LogP) is 2.28. The van der Waals surface area contributed by atoms with Crippen molar-refractivity contribution < 1.29 is 23.8 Å². The Morgan fingerprint density at radius 1 is 1.11 bits per heavy atom. The maximum atomic E-state index is 12.5. The SMILES string of the molecule is C[C@H]1Oc2ccccc2N(CCC(=O)NCc2cccc3c2OCCO3)C1=O. The van der Waals surface area contributed by atoms with E-state index >= 15 is 0 Å². The second-order valence-electron chi connectivity index (χ2n) is 6.69. The Bertz CT molecular complexity index is 898. The van der Waals surface area contributed by atoms with Crippen molar-refractivity contribution in [2.45, 2.75) is 26.0 Å². The lowest BCUT2D eigenvalue weighted by molar-refractivity contribution is -0.125. The zero-order valence-electron chi connectivity index (χ0n) is 15.6. The van der Waals surface area contributed by atoms with E-state index in [1.165, 1.54) is 0 Å². The maximum Gasteiger partial charge on any atom is 0.267 e. The normalized spacial score (nSPS) is 17.5. The van der Waals surface area contributed by atoms with Crippen molar-refractivity contribution in [3.05, 3.63) is 48.0 Å². The van der Waals surface area contributed by atoms with Gasteiger partial charge < -0.3 is 24.4 Å². The number of fused-ring (bicyclic) bond motifs is 2. The highest BCUT2D eigenvalue weighted by Crippen LogP contribution is 2.34. The number of hydrogen-bond donors (Lipinski definition) is 1. The summed E-state index contributed by atoms with van der Waals surface area (Å²) in [5, 5.41) is 2.89. The molecular formula is C21H22N2O5. The Kier molecular flexibility index (Phi) is 5.06. The molecular weight excluding hydrogens is 360 g/mol. The van der Waals surface area contributed by atoms with Crippen molar-refractivity contribution in [1.82, 2.24) is 5.32 Å². The molecule has 7 heteroatoms. The van der Waals surface area contributed by atoms with Crippen LogP contribution in [0.25, 0.3) is 0 Å². The number of nitrogens with zero attached hydrogens (tertiary/aromatic N) is 1. The van der Waals surface area contributed by atoms with Crippen LogP contribution in [-0.2, 0) is 16.1 Å². The highest BCUT2D eigenvalue weighted by Gasteiger charge is 2.31. The third kappa shape index (κ3) is 3.60. The number of carbonyl (C=O) groups excluding carboxylic acids is 2. The van der Waals surface area contributed by atoms with E-state index in [2.05, 4.69) is 5.32 Å². The Morgan fingerprint density at radius 3 is 2.79 bits per heavy atom. The molecule has 0 saturated carbocycles. The second kappa shape index (κ2) is 7.80. The minimum absolute atomic E-state index is 0.140. The van der Waals surface area contributed by atoms with Gasteiger partial charge in [-0.15, -0.1) is 0 Å². The summed E-state index contributed by atoms with van der Waals surface area (Å²) in [4.78, 5) is 26.5. The van der Waals surface area contributed by atoms with Gasteiger partial charge in [0.2, 0.25) is 5.91 Å². The number of ether oxygens (including phenoxy) is 3. The molecule has 0 bridgehead atoms. The minimum atomic E-state index is -0.564. The quantitative estimate of drug-likeness (QED) is 0.859. The Balaban J connectivity index is 1.37. The van der Waals surface area contributed by atoms with E-state index in [0.29, 0.717) is 49.2 Å². The molecule has 1 atom stereocenters. The Labute approximate surface area is 163 Å². The number of amides is 2. The molecule has 0 radical (unpaired) electrons. The molecule has 28 heavy (non-hydrogen) atoms. The van der Waals surface area contributed by atoms with Gasteiger partial charge in [0.25, 0.3) is 5.91 Å². The van der Waals surface area contributed by atoms with Crippen LogP contribution in [0.4, 0.5) is 5.69 Å². The molecule has 2 aliphatic rings. The third-order valence-corrected chi connectivity index (χ3v) is 4.76. The van der Waals surface area contributed by atoms with Crippen molar-refractivity contribution in [2.75, 3.05) is 24.7 Å². The van der Waals surface area contributed by atoms with Gasteiger partial charge in [-0.2, -0.15) is 0 Å². The van der Waals surface area contributed by atoms with Gasteiger partial charge in [0.1, 0.15) is 19.0 Å². The molecule has 2 aliphatic heterocycles. The number of carbonyl (C=O) groups is 2. The van der Waals surface area contributed by atoms with Gasteiger partial charge in [0.15, 0.2) is 17.6 Å². The van der Waals surface area contributed by atoms with Crippen LogP contribution in [0.2, 0.25) is 0 Å². The van der Waals surface area contributed by atoms with Crippen LogP contribution in [0.1, 0.15) is 18.9 Å². The minimum Gasteiger partial charge on any atom is -0.486 e. The maximum absolute atomic E-state index is 12.5. The van der Waals surface area contributed by atoms with E-state index in [9.17, 15) is 9.59 Å². The molecule has 2 heterocycles. The molecule has 0 fully saturated rings. The highest BCUT2D eigenvalue weighted by molar-refractivity contribution is 6.00. The van der Waals surface area contributed by atoms with Gasteiger partial charge in [-0.3, -0.25) is 9.59 Å². The summed E-state index contributed by atoms with van der Waals surface area (Å²) in [5.41, 5.74) is 1.56. The molecule has 146 valence electrons. The smallest absolute Gasteiger partial charge is 0.267 e. The molecule has 0 unspecified atom stereocenters. The summed E-state index contributed by atoms with van der Waals surface area (Å²) in [6, 6.07) is 13.0. The van der Waals surface area contributed by atoms with E-state index < -0.39 is 6.10 Å². The number of rotatable bonds is 5. The van der Waals surface area contributed by atoms with Crippen LogP contribution in [0.3, 0.4) is 0 Å². The summed E-state index contributed by atoms with van der Waals surface area (Å²) in [5.74, 6) is 1.75. The first kappa shape index (κ1) is 18.2. The average Bonchev–Trinajstić information content (AvgIpc) is 2.72. The second-order valence-corrected chi connectivity index (χ2v) is 6.69. The molecule has 4 rings (SSSR count). The Morgan fingerprint density at radius 2 is 1.89 bits per heavy atom. The molecule has 0 aromatic heterocycles. The van der Waals surface area contributed by atoms with Crippen molar-refractivity contribution in [2.24, 2.45) is 0 Å². The van der Waals surface area contributed by atoms with Gasteiger partial charge in [-0.25, -0.2) is 0 Å². The van der Waals surface area contributed by atoms with Crippen molar-refractivity contribution in [1.29, 1.82) is 0 Å². The van der Waals surface area contributed by atoms with Crippen LogP contribution < -0.4 is 24.4 Å². The summed E-state index contributed by atoms with van der Waals surface area (Å²) < 4.78 is 16.8. The van der Waals surface area contributed by atoms with Crippen molar-refractivity contribution in [3.8, 4) is 17.2 Å². The largest absolute Gasteiger partial charge is 0.486 e. The molecule has 0 aliphatic carbocycles. The molecule has 2 amide bonds. The topological polar surface area (TPSA) is 77.1 Å². The highest BCUT2D eigenvalue weighted by atomic mass is 16.6. The van der Waals surface area contributed by atoms with Crippen LogP contribution in [-0.4, -0.2) is 37.7 Å². The summed E-state index contributed by atoms with van der Waals surface area (Å²) in [6.45, 7) is 3.37. The number of benzene rings is 2. The first-order valence-electron chi connectivity index (χ1n) is 9.35. The van der Waals surface area contributed by atoms with E-state index in [1.807, 2.05) is 42.5 Å². The average molecular weight is 382 g/mol.